The van der Waals surface area contributed by atoms with Crippen LogP contribution in [0, 0.1) is 21.5 Å². The maximum atomic E-state index is 15.1. The number of likely N-dealkylation sites (tertiary alicyclic amines) is 1. The van der Waals surface area contributed by atoms with Crippen molar-refractivity contribution in [1.82, 2.24) is 10.2 Å². The van der Waals surface area contributed by atoms with Crippen LogP contribution in [0.4, 0.5) is 0 Å². The highest BCUT2D eigenvalue weighted by molar-refractivity contribution is 7.93. The minimum atomic E-state index is -3.07. The number of fused-ring (bicyclic) bond motifs is 3. The van der Waals surface area contributed by atoms with E-state index in [9.17, 15) is 18.9 Å². The van der Waals surface area contributed by atoms with Crippen molar-refractivity contribution >= 4 is 50.7 Å². The van der Waals surface area contributed by atoms with Gasteiger partial charge in [0.15, 0.2) is 0 Å². The number of hydrogen-bond acceptors (Lipinski definition) is 5. The summed E-state index contributed by atoms with van der Waals surface area (Å²) in [5.74, 6) is -1.58. The summed E-state index contributed by atoms with van der Waals surface area (Å²) in [6.07, 6.45) is 3.73. The molecule has 2 aromatic rings. The summed E-state index contributed by atoms with van der Waals surface area (Å²) in [5.41, 5.74) is -0.501. The lowest BCUT2D eigenvalue weighted by molar-refractivity contribution is -0.160. The van der Waals surface area contributed by atoms with Gasteiger partial charge in [0.2, 0.25) is 11.8 Å². The van der Waals surface area contributed by atoms with E-state index >= 15 is 4.79 Å². The molecule has 262 valence electrons. The first-order chi connectivity index (χ1) is 22.4. The fourth-order valence-corrected chi connectivity index (χ4v) is 10.1. The Labute approximate surface area is 295 Å². The molecule has 2 aromatic carbocycles. The Hall–Kier alpha value is -2.62. The highest BCUT2D eigenvalue weighted by Crippen LogP contribution is 2.54. The zero-order valence-corrected chi connectivity index (χ0v) is 30.9. The van der Waals surface area contributed by atoms with Gasteiger partial charge in [-0.05, 0) is 86.3 Å². The third kappa shape index (κ3) is 7.15. The molecule has 0 spiro atoms. The van der Waals surface area contributed by atoms with Crippen LogP contribution >= 0.6 is 23.2 Å². The molecule has 5 atom stereocenters. The normalized spacial score (nSPS) is 30.7. The first kappa shape index (κ1) is 36.7. The number of carboxylic acids is 1. The minimum Gasteiger partial charge on any atom is -0.481 e. The van der Waals surface area contributed by atoms with Gasteiger partial charge in [-0.3, -0.25) is 19.2 Å². The van der Waals surface area contributed by atoms with Crippen molar-refractivity contribution in [2.24, 2.45) is 16.7 Å². The second-order valence-electron chi connectivity index (χ2n) is 15.5. The maximum Gasteiger partial charge on any atom is 0.309 e. The fourth-order valence-electron chi connectivity index (χ4n) is 8.34. The van der Waals surface area contributed by atoms with Crippen molar-refractivity contribution in [2.75, 3.05) is 5.75 Å². The van der Waals surface area contributed by atoms with Crippen molar-refractivity contribution in [3.8, 4) is 0 Å². The van der Waals surface area contributed by atoms with E-state index in [-0.39, 0.29) is 35.8 Å². The number of nitrogens with zero attached hydrogens (tertiary/aromatic N) is 1. The first-order valence-corrected chi connectivity index (χ1v) is 19.6. The van der Waals surface area contributed by atoms with Crippen LogP contribution in [-0.4, -0.2) is 54.6 Å². The lowest BCUT2D eigenvalue weighted by Crippen LogP contribution is -2.61. The molecule has 6 rings (SSSR count). The molecule has 1 heterocycles. The number of piperidine rings is 1. The summed E-state index contributed by atoms with van der Waals surface area (Å²) >= 11 is 12.9. The molecule has 1 aliphatic heterocycles. The number of carbonyl (C=O) groups excluding carboxylic acids is 2. The molecule has 11 heteroatoms. The minimum absolute atomic E-state index is 0.0111. The smallest absolute Gasteiger partial charge is 0.309 e. The largest absolute Gasteiger partial charge is 0.481 e. The van der Waals surface area contributed by atoms with Crippen LogP contribution in [0.3, 0.4) is 0 Å². The zero-order chi connectivity index (χ0) is 35.2. The SMILES string of the molecule is CC(C)[C@@H](CS(=N)(=O)C(C)C)N1C(=O)[C@@](C)(CC(=O)NC23CCC(C(=O)O)(CC2)CC3)C[C@H](c2cccc(Cl)c2)[C@H]1c1ccc(Cl)cc1. The number of halogens is 2. The molecule has 4 fully saturated rings. The van der Waals surface area contributed by atoms with E-state index in [2.05, 4.69) is 5.32 Å². The third-order valence-electron chi connectivity index (χ3n) is 11.6. The van der Waals surface area contributed by atoms with Crippen LogP contribution in [0.2, 0.25) is 10.0 Å². The maximum absolute atomic E-state index is 15.1. The molecule has 2 amide bonds. The average Bonchev–Trinajstić information content (AvgIpc) is 3.02. The Morgan fingerprint density at radius 2 is 1.58 bits per heavy atom. The van der Waals surface area contributed by atoms with Gasteiger partial charge in [-0.2, -0.15) is 0 Å². The molecular formula is C37H49Cl2N3O5S. The summed E-state index contributed by atoms with van der Waals surface area (Å²) in [6, 6.07) is 14.0. The molecular weight excluding hydrogens is 669 g/mol. The van der Waals surface area contributed by atoms with Crippen LogP contribution in [0.1, 0.15) is 109 Å². The van der Waals surface area contributed by atoms with E-state index in [4.69, 9.17) is 28.0 Å². The van der Waals surface area contributed by atoms with Crippen molar-refractivity contribution in [2.45, 2.75) is 115 Å². The van der Waals surface area contributed by atoms with Gasteiger partial charge < -0.3 is 15.3 Å². The van der Waals surface area contributed by atoms with Crippen LogP contribution < -0.4 is 5.32 Å². The van der Waals surface area contributed by atoms with E-state index in [0.717, 1.165) is 11.1 Å². The van der Waals surface area contributed by atoms with Gasteiger partial charge in [-0.25, -0.2) is 4.21 Å². The van der Waals surface area contributed by atoms with Crippen LogP contribution in [0.15, 0.2) is 48.5 Å². The summed E-state index contributed by atoms with van der Waals surface area (Å²) in [5, 5.41) is 13.9. The van der Waals surface area contributed by atoms with Gasteiger partial charge in [-0.1, -0.05) is 82.1 Å². The second kappa shape index (κ2) is 13.6. The average molecular weight is 719 g/mol. The summed E-state index contributed by atoms with van der Waals surface area (Å²) in [7, 11) is -3.07. The van der Waals surface area contributed by atoms with E-state index in [1.165, 1.54) is 0 Å². The number of nitrogens with one attached hydrogen (secondary N) is 2. The van der Waals surface area contributed by atoms with Gasteiger partial charge in [0.05, 0.1) is 22.6 Å². The number of aliphatic carboxylic acids is 1. The Kier molecular flexibility index (Phi) is 10.4. The molecule has 0 aromatic heterocycles. The lowest BCUT2D eigenvalue weighted by atomic mass is 9.57. The van der Waals surface area contributed by atoms with E-state index in [1.54, 1.807) is 26.0 Å². The number of carbonyl (C=O) groups is 3. The first-order valence-electron chi connectivity index (χ1n) is 17.0. The van der Waals surface area contributed by atoms with Crippen LogP contribution in [0.25, 0.3) is 0 Å². The van der Waals surface area contributed by atoms with Gasteiger partial charge in [0, 0.05) is 48.9 Å². The van der Waals surface area contributed by atoms with Crippen LogP contribution in [-0.2, 0) is 24.1 Å². The molecule has 3 saturated carbocycles. The highest BCUT2D eigenvalue weighted by Gasteiger charge is 2.56. The quantitative estimate of drug-likeness (QED) is 0.216. The topological polar surface area (TPSA) is 128 Å². The summed E-state index contributed by atoms with van der Waals surface area (Å²) in [4.78, 5) is 43.0. The summed E-state index contributed by atoms with van der Waals surface area (Å²) in [6.45, 7) is 9.39. The molecule has 2 bridgehead atoms. The number of amides is 2. The zero-order valence-electron chi connectivity index (χ0n) is 28.6. The van der Waals surface area contributed by atoms with E-state index in [1.807, 2.05) is 62.1 Å². The van der Waals surface area contributed by atoms with Gasteiger partial charge in [0.25, 0.3) is 0 Å². The number of hydrogen-bond donors (Lipinski definition) is 3. The molecule has 1 saturated heterocycles. The van der Waals surface area contributed by atoms with Gasteiger partial charge in [-0.15, -0.1) is 0 Å². The fraction of sp³-hybridized carbons (Fsp3) is 0.595. The molecule has 48 heavy (non-hydrogen) atoms. The van der Waals surface area contributed by atoms with Crippen molar-refractivity contribution in [3.63, 3.8) is 0 Å². The van der Waals surface area contributed by atoms with Crippen molar-refractivity contribution in [3.05, 3.63) is 69.7 Å². The van der Waals surface area contributed by atoms with E-state index < -0.39 is 49.4 Å². The molecule has 1 unspecified atom stereocenters. The Morgan fingerprint density at radius 1 is 0.979 bits per heavy atom. The van der Waals surface area contributed by atoms with Gasteiger partial charge >= 0.3 is 5.97 Å². The standard InChI is InChI=1S/C37H49Cl2N3O5S/c1-23(2)30(22-48(40,47)24(3)4)42-32(25-9-11-27(38)12-10-25)29(26-7-6-8-28(39)19-26)20-35(5,33(42)44)21-31(43)41-37-16-13-36(14-17-37,15-18-37)34(45)46/h6-12,19,23-24,29-30,32,40H,13-18,20-22H2,1-5H3,(H,41,43)(H,45,46)/t29-,30-,32-,35-,36?,37?,48?/m1/s1. The van der Waals surface area contributed by atoms with Crippen LogP contribution in [0.5, 0.6) is 0 Å². The predicted molar refractivity (Wildman–Crippen MR) is 191 cm³/mol. The Bertz CT molecular complexity index is 1640. The molecule has 3 N–H and O–H groups in total. The Morgan fingerprint density at radius 3 is 2.10 bits per heavy atom. The predicted octanol–water partition coefficient (Wildman–Crippen LogP) is 8.22. The van der Waals surface area contributed by atoms with Crippen molar-refractivity contribution in [1.29, 1.82) is 4.78 Å². The molecule has 4 aliphatic rings. The van der Waals surface area contributed by atoms with Gasteiger partial charge in [0.1, 0.15) is 0 Å². The number of rotatable bonds is 11. The summed E-state index contributed by atoms with van der Waals surface area (Å²) < 4.78 is 22.6. The highest BCUT2D eigenvalue weighted by atomic mass is 35.5. The van der Waals surface area contributed by atoms with Crippen molar-refractivity contribution < 1.29 is 23.7 Å². The molecule has 8 nitrogen and oxygen atoms in total. The Balaban J connectivity index is 1.57. The van der Waals surface area contributed by atoms with E-state index in [0.29, 0.717) is 55.0 Å². The molecule has 3 aliphatic carbocycles. The number of carboxylic acid groups (broad SMARTS) is 1. The lowest BCUT2D eigenvalue weighted by Gasteiger charge is -2.54. The third-order valence-corrected chi connectivity index (χ3v) is 14.4. The second-order valence-corrected chi connectivity index (χ2v) is 19.1. The monoisotopic (exact) mass is 717 g/mol. The molecule has 0 radical (unpaired) electrons. The number of benzene rings is 2.